The van der Waals surface area contributed by atoms with E-state index < -0.39 is 16.8 Å². The van der Waals surface area contributed by atoms with Crippen molar-refractivity contribution < 1.29 is 19.0 Å². The number of carbonyl (C=O) groups is 1. The van der Waals surface area contributed by atoms with Crippen LogP contribution in [-0.4, -0.2) is 37.2 Å². The van der Waals surface area contributed by atoms with Gasteiger partial charge in [0, 0.05) is 46.1 Å². The molecule has 1 aliphatic carbocycles. The molecule has 4 aromatic heterocycles. The zero-order valence-corrected chi connectivity index (χ0v) is 23.0. The van der Waals surface area contributed by atoms with E-state index in [0.717, 1.165) is 23.9 Å². The van der Waals surface area contributed by atoms with Crippen LogP contribution in [0, 0.1) is 12.7 Å². The Kier molecular flexibility index (Phi) is 6.23. The first-order valence-electron chi connectivity index (χ1n) is 12.5. The summed E-state index contributed by atoms with van der Waals surface area (Å²) in [6.07, 6.45) is 4.71. The second kappa shape index (κ2) is 9.06. The Bertz CT molecular complexity index is 1620. The van der Waals surface area contributed by atoms with Crippen molar-refractivity contribution in [2.45, 2.75) is 64.5 Å². The van der Waals surface area contributed by atoms with Gasteiger partial charge in [-0.05, 0) is 51.8 Å². The fourth-order valence-corrected chi connectivity index (χ4v) is 5.48. The molecule has 4 aromatic rings. The van der Waals surface area contributed by atoms with E-state index >= 15 is 0 Å². The van der Waals surface area contributed by atoms with Crippen molar-refractivity contribution in [2.24, 2.45) is 7.05 Å². The number of aryl methyl sites for hydroxylation is 2. The summed E-state index contributed by atoms with van der Waals surface area (Å²) < 4.78 is 21.4. The Hall–Kier alpha value is -3.50. The lowest BCUT2D eigenvalue weighted by molar-refractivity contribution is 0.0112. The zero-order chi connectivity index (χ0) is 27.6. The van der Waals surface area contributed by atoms with Gasteiger partial charge in [-0.3, -0.25) is 9.59 Å². The van der Waals surface area contributed by atoms with E-state index in [0.29, 0.717) is 38.4 Å². The molecule has 0 aromatic carbocycles. The highest BCUT2D eigenvalue weighted by atomic mass is 32.1. The number of nitrogens with zero attached hydrogens (tertiary/aromatic N) is 2. The number of nitrogens with one attached hydrogen (secondary N) is 2. The molecular formula is C28H31FN4O4S. The maximum Gasteiger partial charge on any atom is 0.274 e. The van der Waals surface area contributed by atoms with Crippen LogP contribution < -0.4 is 15.6 Å². The summed E-state index contributed by atoms with van der Waals surface area (Å²) in [5, 5.41) is 14.5. The number of thiophene rings is 1. The number of aliphatic hydroxyl groups is 1. The van der Waals surface area contributed by atoms with Gasteiger partial charge in [0.2, 0.25) is 5.88 Å². The van der Waals surface area contributed by atoms with Gasteiger partial charge < -0.3 is 24.7 Å². The summed E-state index contributed by atoms with van der Waals surface area (Å²) in [6, 6.07) is 5.06. The monoisotopic (exact) mass is 538 g/mol. The van der Waals surface area contributed by atoms with E-state index in [9.17, 15) is 19.1 Å². The molecule has 1 aliphatic rings. The Labute approximate surface area is 223 Å². The summed E-state index contributed by atoms with van der Waals surface area (Å²) >= 11 is 1.43. The molecule has 0 bridgehead atoms. The predicted octanol–water partition coefficient (Wildman–Crippen LogP) is 5.17. The van der Waals surface area contributed by atoms with Crippen molar-refractivity contribution in [2.75, 3.05) is 0 Å². The lowest BCUT2D eigenvalue weighted by Gasteiger charge is -2.36. The molecule has 200 valence electrons. The summed E-state index contributed by atoms with van der Waals surface area (Å²) in [6.45, 7) is 9.10. The predicted molar refractivity (Wildman–Crippen MR) is 146 cm³/mol. The molecule has 0 atom stereocenters. The second-order valence-corrected chi connectivity index (χ2v) is 12.1. The first kappa shape index (κ1) is 26.1. The van der Waals surface area contributed by atoms with Gasteiger partial charge in [-0.15, -0.1) is 11.3 Å². The number of hydrogen-bond donors (Lipinski definition) is 3. The van der Waals surface area contributed by atoms with Crippen molar-refractivity contribution in [1.82, 2.24) is 19.9 Å². The topological polar surface area (TPSA) is 109 Å². The maximum atomic E-state index is 13.7. The molecule has 1 saturated carbocycles. The summed E-state index contributed by atoms with van der Waals surface area (Å²) in [5.74, 6) is -0.0185. The highest BCUT2D eigenvalue weighted by Crippen LogP contribution is 2.48. The van der Waals surface area contributed by atoms with Crippen molar-refractivity contribution >= 4 is 28.1 Å². The smallest absolute Gasteiger partial charge is 0.274 e. The van der Waals surface area contributed by atoms with Crippen molar-refractivity contribution in [1.29, 1.82) is 0 Å². The summed E-state index contributed by atoms with van der Waals surface area (Å²) in [7, 11) is 1.65. The SMILES string of the molecule is Cc1cc(F)cnc1Oc1cc(C(C)(C)C(C)(C)O)sc1-c1cn(C)c(=O)c2[nH]c(C(=O)NC3CC3)cc12. The number of amides is 1. The highest BCUT2D eigenvalue weighted by Gasteiger charge is 2.39. The summed E-state index contributed by atoms with van der Waals surface area (Å²) in [5.41, 5.74) is -0.156. The van der Waals surface area contributed by atoms with Crippen LogP contribution in [0.2, 0.25) is 0 Å². The van der Waals surface area contributed by atoms with Crippen molar-refractivity contribution in [3.05, 3.63) is 62.9 Å². The fraction of sp³-hybridized carbons (Fsp3) is 0.393. The molecule has 0 unspecified atom stereocenters. The van der Waals surface area contributed by atoms with E-state index in [2.05, 4.69) is 15.3 Å². The number of fused-ring (bicyclic) bond motifs is 1. The molecule has 5 rings (SSSR count). The third kappa shape index (κ3) is 4.63. The number of pyridine rings is 2. The van der Waals surface area contributed by atoms with Crippen LogP contribution in [-0.2, 0) is 12.5 Å². The molecule has 3 N–H and O–H groups in total. The highest BCUT2D eigenvalue weighted by molar-refractivity contribution is 7.16. The molecule has 1 fully saturated rings. The number of rotatable bonds is 7. The van der Waals surface area contributed by atoms with Crippen LogP contribution in [0.1, 0.15) is 61.5 Å². The van der Waals surface area contributed by atoms with Crippen LogP contribution in [0.3, 0.4) is 0 Å². The normalized spacial score (nSPS) is 14.2. The minimum Gasteiger partial charge on any atom is -0.437 e. The quantitative estimate of drug-likeness (QED) is 0.301. The third-order valence-corrected chi connectivity index (χ3v) is 8.89. The molecule has 4 heterocycles. The van der Waals surface area contributed by atoms with E-state index in [1.165, 1.54) is 22.0 Å². The third-order valence-electron chi connectivity index (χ3n) is 7.41. The molecule has 10 heteroatoms. The number of carbonyl (C=O) groups excluding carboxylic acids is 1. The van der Waals surface area contributed by atoms with Gasteiger partial charge in [-0.1, -0.05) is 13.8 Å². The lowest BCUT2D eigenvalue weighted by atomic mass is 9.76. The standard InChI is InChI=1S/C28H31FN4O4S/c1-14-9-15(29)12-30-25(14)37-20-11-21(27(2,3)28(4,5)36)38-23(20)18-13-33(6)26(35)22-17(18)10-19(32-22)24(34)31-16-7-8-16/h9-13,16,32,36H,7-8H2,1-6H3,(H,31,34). The number of aromatic amines is 1. The van der Waals surface area contributed by atoms with Crippen LogP contribution in [0.5, 0.6) is 11.6 Å². The van der Waals surface area contributed by atoms with Gasteiger partial charge in [-0.2, -0.15) is 0 Å². The number of aromatic nitrogens is 3. The van der Waals surface area contributed by atoms with Gasteiger partial charge in [0.05, 0.1) is 16.7 Å². The van der Waals surface area contributed by atoms with E-state index in [1.807, 2.05) is 19.9 Å². The molecule has 0 spiro atoms. The van der Waals surface area contributed by atoms with Gasteiger partial charge in [0.15, 0.2) is 0 Å². The zero-order valence-electron chi connectivity index (χ0n) is 22.2. The number of hydrogen-bond acceptors (Lipinski definition) is 6. The molecule has 38 heavy (non-hydrogen) atoms. The molecule has 0 aliphatic heterocycles. The largest absolute Gasteiger partial charge is 0.437 e. The number of ether oxygens (including phenoxy) is 1. The average molecular weight is 539 g/mol. The Morgan fingerprint density at radius 2 is 1.97 bits per heavy atom. The van der Waals surface area contributed by atoms with E-state index in [-0.39, 0.29) is 23.4 Å². The lowest BCUT2D eigenvalue weighted by Crippen LogP contribution is -2.41. The van der Waals surface area contributed by atoms with Crippen molar-refractivity contribution in [3.63, 3.8) is 0 Å². The Morgan fingerprint density at radius 1 is 1.26 bits per heavy atom. The molecule has 8 nitrogen and oxygen atoms in total. The first-order chi connectivity index (χ1) is 17.8. The maximum absolute atomic E-state index is 13.7. The van der Waals surface area contributed by atoms with E-state index in [1.54, 1.807) is 40.1 Å². The summed E-state index contributed by atoms with van der Waals surface area (Å²) in [4.78, 5) is 34.5. The number of halogens is 1. The minimum absolute atomic E-state index is 0.173. The molecular weight excluding hydrogens is 507 g/mol. The Morgan fingerprint density at radius 3 is 2.61 bits per heavy atom. The average Bonchev–Trinajstić information content (AvgIpc) is 3.36. The fourth-order valence-electron chi connectivity index (χ4n) is 4.11. The van der Waals surface area contributed by atoms with E-state index in [4.69, 9.17) is 4.74 Å². The van der Waals surface area contributed by atoms with Gasteiger partial charge in [0.25, 0.3) is 11.5 Å². The van der Waals surface area contributed by atoms with Crippen LogP contribution in [0.25, 0.3) is 21.3 Å². The second-order valence-electron chi connectivity index (χ2n) is 11.0. The molecule has 0 radical (unpaired) electrons. The van der Waals surface area contributed by atoms with Crippen LogP contribution >= 0.6 is 11.3 Å². The van der Waals surface area contributed by atoms with Gasteiger partial charge in [0.1, 0.15) is 22.8 Å². The van der Waals surface area contributed by atoms with Crippen molar-refractivity contribution in [3.8, 4) is 22.1 Å². The molecule has 1 amide bonds. The Balaban J connectivity index is 1.71. The number of H-pyrrole nitrogens is 1. The van der Waals surface area contributed by atoms with Gasteiger partial charge in [-0.25, -0.2) is 9.37 Å². The van der Waals surface area contributed by atoms with Crippen LogP contribution in [0.15, 0.2) is 35.4 Å². The first-order valence-corrected chi connectivity index (χ1v) is 13.3. The minimum atomic E-state index is -1.06. The van der Waals surface area contributed by atoms with Crippen LogP contribution in [0.4, 0.5) is 4.39 Å². The molecule has 0 saturated heterocycles. The van der Waals surface area contributed by atoms with Gasteiger partial charge >= 0.3 is 0 Å².